The highest BCUT2D eigenvalue weighted by Gasteiger charge is 2.03. The van der Waals surface area contributed by atoms with Crippen LogP contribution in [-0.2, 0) is 6.54 Å². The van der Waals surface area contributed by atoms with Gasteiger partial charge in [-0.25, -0.2) is 4.39 Å². The molecule has 0 amide bonds. The van der Waals surface area contributed by atoms with Crippen LogP contribution in [0, 0.1) is 24.1 Å². The summed E-state index contributed by atoms with van der Waals surface area (Å²) in [5.41, 5.74) is 3.08. The van der Waals surface area contributed by atoms with Gasteiger partial charge in [0.15, 0.2) is 0 Å². The summed E-state index contributed by atoms with van der Waals surface area (Å²) >= 11 is 0. The second kappa shape index (κ2) is 5.33. The molecule has 2 rings (SSSR count). The summed E-state index contributed by atoms with van der Waals surface area (Å²) in [6.45, 7) is 2.38. The Kier molecular flexibility index (Phi) is 3.59. The predicted molar refractivity (Wildman–Crippen MR) is 69.6 cm³/mol. The van der Waals surface area contributed by atoms with E-state index in [1.54, 1.807) is 6.07 Å². The van der Waals surface area contributed by atoms with Gasteiger partial charge in [0.25, 0.3) is 0 Å². The van der Waals surface area contributed by atoms with Gasteiger partial charge >= 0.3 is 0 Å². The summed E-state index contributed by atoms with van der Waals surface area (Å²) in [7, 11) is 0. The molecule has 2 nitrogen and oxygen atoms in total. The molecule has 1 N–H and O–H groups in total. The fraction of sp³-hybridized carbons (Fsp3) is 0.133. The van der Waals surface area contributed by atoms with E-state index in [9.17, 15) is 4.39 Å². The van der Waals surface area contributed by atoms with Crippen LogP contribution >= 0.6 is 0 Å². The van der Waals surface area contributed by atoms with Gasteiger partial charge in [0.2, 0.25) is 0 Å². The van der Waals surface area contributed by atoms with Crippen LogP contribution in [0.3, 0.4) is 0 Å². The lowest BCUT2D eigenvalue weighted by atomic mass is 10.1. The molecule has 0 aromatic heterocycles. The molecule has 0 atom stereocenters. The van der Waals surface area contributed by atoms with E-state index in [-0.39, 0.29) is 5.82 Å². The van der Waals surface area contributed by atoms with E-state index in [2.05, 4.69) is 5.32 Å². The molecule has 90 valence electrons. The normalized spacial score (nSPS) is 9.83. The zero-order valence-corrected chi connectivity index (χ0v) is 10.1. The van der Waals surface area contributed by atoms with Crippen molar-refractivity contribution in [3.8, 4) is 6.07 Å². The summed E-state index contributed by atoms with van der Waals surface area (Å²) in [4.78, 5) is 0. The van der Waals surface area contributed by atoms with Gasteiger partial charge in [-0.15, -0.1) is 0 Å². The maximum atomic E-state index is 13.5. The Bertz CT molecular complexity index is 582. The number of hydrogen-bond acceptors (Lipinski definition) is 2. The third-order valence-electron chi connectivity index (χ3n) is 2.71. The number of nitriles is 1. The van der Waals surface area contributed by atoms with Crippen molar-refractivity contribution in [3.05, 3.63) is 65.0 Å². The Morgan fingerprint density at radius 2 is 1.89 bits per heavy atom. The predicted octanol–water partition coefficient (Wildman–Crippen LogP) is 3.62. The number of nitrogens with one attached hydrogen (secondary N) is 1. The van der Waals surface area contributed by atoms with Gasteiger partial charge in [0, 0.05) is 17.8 Å². The smallest absolute Gasteiger partial charge is 0.128 e. The molecule has 0 fully saturated rings. The highest BCUT2D eigenvalue weighted by Crippen LogP contribution is 2.14. The summed E-state index contributed by atoms with van der Waals surface area (Å²) in [5, 5.41) is 11.9. The van der Waals surface area contributed by atoms with Crippen molar-refractivity contribution in [1.29, 1.82) is 5.26 Å². The first-order valence-electron chi connectivity index (χ1n) is 5.68. The molecule has 0 unspecified atom stereocenters. The van der Waals surface area contributed by atoms with E-state index < -0.39 is 0 Å². The lowest BCUT2D eigenvalue weighted by molar-refractivity contribution is 0.612. The van der Waals surface area contributed by atoms with E-state index in [0.29, 0.717) is 17.7 Å². The Morgan fingerprint density at radius 3 is 2.56 bits per heavy atom. The second-order valence-electron chi connectivity index (χ2n) is 4.14. The maximum Gasteiger partial charge on any atom is 0.128 e. The number of anilines is 1. The van der Waals surface area contributed by atoms with Crippen LogP contribution in [0.1, 0.15) is 16.7 Å². The number of benzene rings is 2. The molecule has 0 saturated carbocycles. The van der Waals surface area contributed by atoms with Crippen molar-refractivity contribution >= 4 is 5.69 Å². The lowest BCUT2D eigenvalue weighted by Gasteiger charge is -2.08. The molecule has 0 saturated heterocycles. The average molecular weight is 240 g/mol. The van der Waals surface area contributed by atoms with Crippen LogP contribution in [0.15, 0.2) is 42.5 Å². The second-order valence-corrected chi connectivity index (χ2v) is 4.14. The summed E-state index contributed by atoms with van der Waals surface area (Å²) < 4.78 is 13.5. The van der Waals surface area contributed by atoms with Crippen molar-refractivity contribution in [1.82, 2.24) is 0 Å². The molecule has 3 heteroatoms. The molecule has 0 aliphatic rings. The fourth-order valence-electron chi connectivity index (χ4n) is 1.65. The number of nitrogens with zero attached hydrogens (tertiary/aromatic N) is 1. The molecule has 2 aromatic rings. The highest BCUT2D eigenvalue weighted by molar-refractivity contribution is 5.45. The third kappa shape index (κ3) is 2.86. The first-order valence-corrected chi connectivity index (χ1v) is 5.68. The summed E-state index contributed by atoms with van der Waals surface area (Å²) in [6.07, 6.45) is 0. The quantitative estimate of drug-likeness (QED) is 0.889. The van der Waals surface area contributed by atoms with Gasteiger partial charge in [-0.3, -0.25) is 0 Å². The van der Waals surface area contributed by atoms with Crippen molar-refractivity contribution in [2.75, 3.05) is 5.32 Å². The van der Waals surface area contributed by atoms with Crippen molar-refractivity contribution < 1.29 is 4.39 Å². The molecule has 2 aromatic carbocycles. The lowest BCUT2D eigenvalue weighted by Crippen LogP contribution is -2.02. The topological polar surface area (TPSA) is 35.8 Å². The van der Waals surface area contributed by atoms with Gasteiger partial charge < -0.3 is 5.32 Å². The molecule has 0 heterocycles. The van der Waals surface area contributed by atoms with Gasteiger partial charge in [0.1, 0.15) is 5.82 Å². The third-order valence-corrected chi connectivity index (χ3v) is 2.71. The minimum Gasteiger partial charge on any atom is -0.381 e. The molecular weight excluding hydrogens is 227 g/mol. The van der Waals surface area contributed by atoms with Crippen LogP contribution < -0.4 is 5.32 Å². The minimum absolute atomic E-state index is 0.298. The van der Waals surface area contributed by atoms with Gasteiger partial charge in [-0.2, -0.15) is 5.26 Å². The van der Waals surface area contributed by atoms with E-state index in [1.165, 1.54) is 17.7 Å². The van der Waals surface area contributed by atoms with Crippen molar-refractivity contribution in [2.24, 2.45) is 0 Å². The average Bonchev–Trinajstić information content (AvgIpc) is 2.40. The van der Waals surface area contributed by atoms with Gasteiger partial charge in [-0.05, 0) is 37.3 Å². The highest BCUT2D eigenvalue weighted by atomic mass is 19.1. The number of hydrogen-bond donors (Lipinski definition) is 1. The van der Waals surface area contributed by atoms with Crippen LogP contribution in [-0.4, -0.2) is 0 Å². The maximum absolute atomic E-state index is 13.5. The first-order chi connectivity index (χ1) is 8.69. The SMILES string of the molecule is Cc1ccc(NCc2cc(C#N)ccc2F)cc1. The Hall–Kier alpha value is -2.34. The van der Waals surface area contributed by atoms with Gasteiger partial charge in [-0.1, -0.05) is 17.7 Å². The number of halogens is 1. The molecule has 0 spiro atoms. The monoisotopic (exact) mass is 240 g/mol. The van der Waals surface area contributed by atoms with Crippen LogP contribution in [0.2, 0.25) is 0 Å². The zero-order chi connectivity index (χ0) is 13.0. The molecule has 0 aliphatic heterocycles. The first kappa shape index (κ1) is 12.1. The fourth-order valence-corrected chi connectivity index (χ4v) is 1.65. The Balaban J connectivity index is 2.10. The summed E-state index contributed by atoms with van der Waals surface area (Å²) in [6, 6.07) is 14.2. The van der Waals surface area contributed by atoms with Crippen molar-refractivity contribution in [2.45, 2.75) is 13.5 Å². The zero-order valence-electron chi connectivity index (χ0n) is 10.1. The van der Waals surface area contributed by atoms with E-state index in [0.717, 1.165) is 5.69 Å². The standard InChI is InChI=1S/C15H13FN2/c1-11-2-5-14(6-3-11)18-10-13-8-12(9-17)4-7-15(13)16/h2-8,18H,10H2,1H3. The van der Waals surface area contributed by atoms with Crippen LogP contribution in [0.4, 0.5) is 10.1 Å². The molecule has 0 aliphatic carbocycles. The largest absolute Gasteiger partial charge is 0.381 e. The molecular formula is C15H13FN2. The Morgan fingerprint density at radius 1 is 1.17 bits per heavy atom. The van der Waals surface area contributed by atoms with Crippen LogP contribution in [0.5, 0.6) is 0 Å². The molecule has 0 bridgehead atoms. The molecule has 18 heavy (non-hydrogen) atoms. The van der Waals surface area contributed by atoms with E-state index in [1.807, 2.05) is 37.3 Å². The minimum atomic E-state index is -0.298. The molecule has 0 radical (unpaired) electrons. The van der Waals surface area contributed by atoms with Crippen molar-refractivity contribution in [3.63, 3.8) is 0 Å². The Labute approximate surface area is 106 Å². The van der Waals surface area contributed by atoms with Gasteiger partial charge in [0.05, 0.1) is 11.6 Å². The number of aryl methyl sites for hydroxylation is 1. The van der Waals surface area contributed by atoms with E-state index in [4.69, 9.17) is 5.26 Å². The van der Waals surface area contributed by atoms with E-state index >= 15 is 0 Å². The number of rotatable bonds is 3. The van der Waals surface area contributed by atoms with Crippen LogP contribution in [0.25, 0.3) is 0 Å². The summed E-state index contributed by atoms with van der Waals surface area (Å²) in [5.74, 6) is -0.298.